The molecule has 0 aliphatic heterocycles. The number of aliphatic hydroxyl groups is 1. The molecular weight excluding hydrogens is 312 g/mol. The maximum absolute atomic E-state index is 12.7. The molecule has 1 N–H and O–H groups in total. The number of aliphatic hydroxyl groups excluding tert-OH is 1. The summed E-state index contributed by atoms with van der Waals surface area (Å²) in [4.78, 5) is 0.237. The van der Waals surface area contributed by atoms with Crippen LogP contribution in [0, 0.1) is 0 Å². The number of sulfone groups is 1. The first kappa shape index (κ1) is 17.7. The molecule has 124 valence electrons. The van der Waals surface area contributed by atoms with E-state index in [1.165, 1.54) is 7.11 Å². The molecule has 4 nitrogen and oxygen atoms in total. The van der Waals surface area contributed by atoms with E-state index in [2.05, 4.69) is 0 Å². The van der Waals surface area contributed by atoms with E-state index < -0.39 is 22.0 Å². The average Bonchev–Trinajstić information content (AvgIpc) is 2.60. The summed E-state index contributed by atoms with van der Waals surface area (Å²) in [5, 5.41) is 9.83. The van der Waals surface area contributed by atoms with E-state index in [1.54, 1.807) is 36.4 Å². The third-order valence-corrected chi connectivity index (χ3v) is 5.90. The monoisotopic (exact) mass is 334 g/mol. The first-order chi connectivity index (χ1) is 11.0. The van der Waals surface area contributed by atoms with Crippen molar-refractivity contribution in [3.05, 3.63) is 65.7 Å². The molecule has 0 saturated heterocycles. The molecule has 0 bridgehead atoms. The summed E-state index contributed by atoms with van der Waals surface area (Å²) in [6.07, 6.45) is 0.850. The Hall–Kier alpha value is -1.69. The van der Waals surface area contributed by atoms with Crippen molar-refractivity contribution in [3.8, 4) is 0 Å². The molecule has 1 atom stereocenters. The topological polar surface area (TPSA) is 63.6 Å². The van der Waals surface area contributed by atoms with Gasteiger partial charge < -0.3 is 9.84 Å². The number of hydrogen-bond acceptors (Lipinski definition) is 4. The molecule has 2 aromatic rings. The number of ether oxygens (including phenoxy) is 1. The van der Waals surface area contributed by atoms with Crippen LogP contribution in [0.15, 0.2) is 59.5 Å². The summed E-state index contributed by atoms with van der Waals surface area (Å²) in [7, 11) is -2.18. The minimum absolute atomic E-state index is 0.237. The van der Waals surface area contributed by atoms with Crippen molar-refractivity contribution in [2.45, 2.75) is 23.8 Å². The Morgan fingerprint density at radius 2 is 1.65 bits per heavy atom. The highest BCUT2D eigenvalue weighted by molar-refractivity contribution is 7.91. The van der Waals surface area contributed by atoms with Crippen molar-refractivity contribution < 1.29 is 18.3 Å². The van der Waals surface area contributed by atoms with Gasteiger partial charge in [0.15, 0.2) is 9.84 Å². The molecule has 0 aromatic heterocycles. The third kappa shape index (κ3) is 3.80. The summed E-state index contributed by atoms with van der Waals surface area (Å²) < 4.78 is 30.9. The number of benzene rings is 2. The second kappa shape index (κ2) is 7.25. The van der Waals surface area contributed by atoms with Crippen molar-refractivity contribution in [3.63, 3.8) is 0 Å². The maximum atomic E-state index is 12.7. The highest BCUT2D eigenvalue weighted by Crippen LogP contribution is 2.29. The van der Waals surface area contributed by atoms with Crippen molar-refractivity contribution in [1.29, 1.82) is 0 Å². The molecule has 2 aromatic carbocycles. The highest BCUT2D eigenvalue weighted by Gasteiger charge is 2.37. The lowest BCUT2D eigenvalue weighted by Gasteiger charge is -2.30. The number of aryl methyl sites for hydroxylation is 1. The van der Waals surface area contributed by atoms with Crippen LogP contribution in [0.5, 0.6) is 0 Å². The predicted octanol–water partition coefficient (Wildman–Crippen LogP) is 2.56. The van der Waals surface area contributed by atoms with E-state index >= 15 is 0 Å². The second-order valence-corrected chi connectivity index (χ2v) is 7.47. The van der Waals surface area contributed by atoms with Gasteiger partial charge in [0.25, 0.3) is 0 Å². The Morgan fingerprint density at radius 1 is 1.04 bits per heavy atom. The molecule has 1 unspecified atom stereocenters. The summed E-state index contributed by atoms with van der Waals surface area (Å²) >= 11 is 0. The standard InChI is InChI=1S/C18H22O4S/c1-3-15-9-11-17(12-10-15)23(20,21)14-18(13-19,22-2)16-7-5-4-6-8-16/h4-12,19H,3,13-14H2,1-2H3. The zero-order valence-corrected chi connectivity index (χ0v) is 14.2. The van der Waals surface area contributed by atoms with Crippen LogP contribution in [-0.4, -0.2) is 33.0 Å². The van der Waals surface area contributed by atoms with Crippen LogP contribution in [0.1, 0.15) is 18.1 Å². The zero-order valence-electron chi connectivity index (χ0n) is 13.4. The minimum Gasteiger partial charge on any atom is -0.393 e. The molecule has 2 rings (SSSR count). The lowest BCUT2D eigenvalue weighted by molar-refractivity contribution is -0.0393. The Morgan fingerprint density at radius 3 is 2.13 bits per heavy atom. The molecule has 0 amide bonds. The molecule has 5 heteroatoms. The predicted molar refractivity (Wildman–Crippen MR) is 90.1 cm³/mol. The van der Waals surface area contributed by atoms with Crippen molar-refractivity contribution >= 4 is 9.84 Å². The van der Waals surface area contributed by atoms with Crippen LogP contribution in [0.25, 0.3) is 0 Å². The van der Waals surface area contributed by atoms with E-state index in [0.29, 0.717) is 5.56 Å². The van der Waals surface area contributed by atoms with Crippen LogP contribution in [0.4, 0.5) is 0 Å². The number of rotatable bonds is 7. The highest BCUT2D eigenvalue weighted by atomic mass is 32.2. The number of hydrogen-bond donors (Lipinski definition) is 1. The van der Waals surface area contributed by atoms with Gasteiger partial charge in [-0.2, -0.15) is 0 Å². The summed E-state index contributed by atoms with van der Waals surface area (Å²) in [6, 6.07) is 15.8. The Labute approximate surface area is 137 Å². The smallest absolute Gasteiger partial charge is 0.181 e. The average molecular weight is 334 g/mol. The fourth-order valence-corrected chi connectivity index (χ4v) is 4.23. The van der Waals surface area contributed by atoms with E-state index in [4.69, 9.17) is 4.74 Å². The van der Waals surface area contributed by atoms with Crippen LogP contribution in [-0.2, 0) is 26.6 Å². The van der Waals surface area contributed by atoms with E-state index in [0.717, 1.165) is 12.0 Å². The van der Waals surface area contributed by atoms with Gasteiger partial charge in [0.05, 0.1) is 17.3 Å². The molecular formula is C18H22O4S. The molecule has 0 heterocycles. The summed E-state index contributed by atoms with van der Waals surface area (Å²) in [6.45, 7) is 1.60. The largest absolute Gasteiger partial charge is 0.393 e. The van der Waals surface area contributed by atoms with Crippen LogP contribution in [0.2, 0.25) is 0 Å². The fraction of sp³-hybridized carbons (Fsp3) is 0.333. The zero-order chi connectivity index (χ0) is 16.9. The van der Waals surface area contributed by atoms with E-state index in [1.807, 2.05) is 25.1 Å². The van der Waals surface area contributed by atoms with E-state index in [-0.39, 0.29) is 10.6 Å². The first-order valence-electron chi connectivity index (χ1n) is 7.50. The van der Waals surface area contributed by atoms with Crippen LogP contribution >= 0.6 is 0 Å². The van der Waals surface area contributed by atoms with Crippen LogP contribution in [0.3, 0.4) is 0 Å². The van der Waals surface area contributed by atoms with Gasteiger partial charge in [-0.1, -0.05) is 49.4 Å². The van der Waals surface area contributed by atoms with Crippen LogP contribution < -0.4 is 0 Å². The van der Waals surface area contributed by atoms with Gasteiger partial charge in [-0.05, 0) is 29.7 Å². The van der Waals surface area contributed by atoms with Gasteiger partial charge in [-0.25, -0.2) is 8.42 Å². The van der Waals surface area contributed by atoms with Crippen molar-refractivity contribution in [1.82, 2.24) is 0 Å². The Kier molecular flexibility index (Phi) is 5.57. The lowest BCUT2D eigenvalue weighted by atomic mass is 9.97. The van der Waals surface area contributed by atoms with Gasteiger partial charge in [-0.15, -0.1) is 0 Å². The summed E-state index contributed by atoms with van der Waals surface area (Å²) in [5.74, 6) is -0.317. The summed E-state index contributed by atoms with van der Waals surface area (Å²) in [5.41, 5.74) is 0.440. The van der Waals surface area contributed by atoms with E-state index in [9.17, 15) is 13.5 Å². The maximum Gasteiger partial charge on any atom is 0.181 e. The molecule has 0 fully saturated rings. The SMILES string of the molecule is CCc1ccc(S(=O)(=O)CC(CO)(OC)c2ccccc2)cc1. The number of methoxy groups -OCH3 is 1. The van der Waals surface area contributed by atoms with Gasteiger partial charge in [-0.3, -0.25) is 0 Å². The molecule has 0 radical (unpaired) electrons. The quantitative estimate of drug-likeness (QED) is 0.845. The molecule has 0 aliphatic carbocycles. The van der Waals surface area contributed by atoms with Crippen molar-refractivity contribution in [2.75, 3.05) is 19.5 Å². The van der Waals surface area contributed by atoms with Gasteiger partial charge in [0.2, 0.25) is 0 Å². The molecule has 0 aliphatic rings. The molecule has 0 saturated carbocycles. The Bertz CT molecular complexity index is 717. The lowest BCUT2D eigenvalue weighted by Crippen LogP contribution is -2.40. The van der Waals surface area contributed by atoms with Crippen molar-refractivity contribution in [2.24, 2.45) is 0 Å². The first-order valence-corrected chi connectivity index (χ1v) is 9.16. The molecule has 23 heavy (non-hydrogen) atoms. The minimum atomic E-state index is -3.60. The third-order valence-electron chi connectivity index (χ3n) is 4.06. The van der Waals surface area contributed by atoms with Gasteiger partial charge >= 0.3 is 0 Å². The Balaban J connectivity index is 2.38. The second-order valence-electron chi connectivity index (χ2n) is 5.48. The normalized spacial score (nSPS) is 14.4. The fourth-order valence-electron chi connectivity index (χ4n) is 2.53. The molecule has 0 spiro atoms. The van der Waals surface area contributed by atoms with Gasteiger partial charge in [0.1, 0.15) is 5.60 Å². The van der Waals surface area contributed by atoms with Gasteiger partial charge in [0, 0.05) is 7.11 Å².